The molecule has 16 heavy (non-hydrogen) atoms. The van der Waals surface area contributed by atoms with E-state index in [2.05, 4.69) is 0 Å². The highest BCUT2D eigenvalue weighted by atomic mass is 16.3. The summed E-state index contributed by atoms with van der Waals surface area (Å²) in [7, 11) is 0. The normalized spacial score (nSPS) is 15.9. The van der Waals surface area contributed by atoms with Crippen LogP contribution in [0.25, 0.3) is 0 Å². The first-order chi connectivity index (χ1) is 7.18. The summed E-state index contributed by atoms with van der Waals surface area (Å²) in [5, 5.41) is 28.7. The molecule has 0 spiro atoms. The van der Waals surface area contributed by atoms with E-state index in [1.165, 1.54) is 6.92 Å². The van der Waals surface area contributed by atoms with Crippen LogP contribution in [0, 0.1) is 0 Å². The molecule has 0 bridgehead atoms. The second kappa shape index (κ2) is 4.07. The van der Waals surface area contributed by atoms with Gasteiger partial charge in [-0.3, -0.25) is 0 Å². The molecule has 0 heterocycles. The molecule has 3 nitrogen and oxygen atoms in total. The molecule has 0 amide bonds. The number of rotatable bonds is 2. The van der Waals surface area contributed by atoms with Crippen molar-refractivity contribution < 1.29 is 15.3 Å². The van der Waals surface area contributed by atoms with E-state index in [0.717, 1.165) is 5.56 Å². The summed E-state index contributed by atoms with van der Waals surface area (Å²) in [5.41, 5.74) is -0.118. The third-order valence-electron chi connectivity index (χ3n) is 2.75. The summed E-state index contributed by atoms with van der Waals surface area (Å²) < 4.78 is 0. The van der Waals surface area contributed by atoms with Gasteiger partial charge in [-0.05, 0) is 24.0 Å². The van der Waals surface area contributed by atoms with Crippen molar-refractivity contribution in [2.45, 2.75) is 38.7 Å². The molecule has 3 N–H and O–H groups in total. The number of aromatic hydroxyl groups is 1. The van der Waals surface area contributed by atoms with Gasteiger partial charge in [-0.2, -0.15) is 0 Å². The molecule has 1 aromatic carbocycles. The van der Waals surface area contributed by atoms with Crippen molar-refractivity contribution in [1.29, 1.82) is 0 Å². The van der Waals surface area contributed by atoms with Crippen molar-refractivity contribution in [1.82, 2.24) is 0 Å². The maximum Gasteiger partial charge on any atom is 0.122 e. The summed E-state index contributed by atoms with van der Waals surface area (Å²) in [6, 6.07) is 5.16. The van der Waals surface area contributed by atoms with Crippen LogP contribution in [0.3, 0.4) is 0 Å². The van der Waals surface area contributed by atoms with Crippen LogP contribution >= 0.6 is 0 Å². The summed E-state index contributed by atoms with van der Waals surface area (Å²) >= 11 is 0. The lowest BCUT2D eigenvalue weighted by Crippen LogP contribution is -2.26. The van der Waals surface area contributed by atoms with Gasteiger partial charge in [0.15, 0.2) is 0 Å². The zero-order chi connectivity index (χ0) is 12.6. The molecule has 1 aromatic rings. The Morgan fingerprint density at radius 1 is 1.12 bits per heavy atom. The lowest BCUT2D eigenvalue weighted by Gasteiger charge is -2.25. The standard InChI is InChI=1S/C13H20O3/c1-12(2,3)9-5-6-10(11(15)7-9)13(4,16)8-14/h5-7,14-16H,8H2,1-4H3/t13-/m1/s1. The number of benzene rings is 1. The zero-order valence-corrected chi connectivity index (χ0v) is 10.3. The Morgan fingerprint density at radius 3 is 2.06 bits per heavy atom. The molecule has 1 atom stereocenters. The Morgan fingerprint density at radius 2 is 1.69 bits per heavy atom. The molecule has 0 aliphatic carbocycles. The van der Waals surface area contributed by atoms with Gasteiger partial charge in [0.1, 0.15) is 11.4 Å². The van der Waals surface area contributed by atoms with Gasteiger partial charge in [0.25, 0.3) is 0 Å². The van der Waals surface area contributed by atoms with Crippen molar-refractivity contribution in [2.75, 3.05) is 6.61 Å². The Hall–Kier alpha value is -1.06. The number of hydrogen-bond acceptors (Lipinski definition) is 3. The number of aliphatic hydroxyl groups excluding tert-OH is 1. The third-order valence-corrected chi connectivity index (χ3v) is 2.75. The molecule has 0 aliphatic heterocycles. The predicted molar refractivity (Wildman–Crippen MR) is 63.5 cm³/mol. The van der Waals surface area contributed by atoms with Gasteiger partial charge in [0, 0.05) is 5.56 Å². The number of phenols is 1. The van der Waals surface area contributed by atoms with Gasteiger partial charge in [-0.15, -0.1) is 0 Å². The van der Waals surface area contributed by atoms with Crippen LogP contribution in [0.1, 0.15) is 38.8 Å². The van der Waals surface area contributed by atoms with Crippen molar-refractivity contribution in [2.24, 2.45) is 0 Å². The molecular formula is C13H20O3. The summed E-state index contributed by atoms with van der Waals surface area (Å²) in [6.45, 7) is 7.19. The van der Waals surface area contributed by atoms with Gasteiger partial charge < -0.3 is 15.3 Å². The molecule has 90 valence electrons. The number of aliphatic hydroxyl groups is 2. The van der Waals surface area contributed by atoms with E-state index in [0.29, 0.717) is 5.56 Å². The summed E-state index contributed by atoms with van der Waals surface area (Å²) in [6.07, 6.45) is 0. The molecular weight excluding hydrogens is 204 g/mol. The topological polar surface area (TPSA) is 60.7 Å². The minimum absolute atomic E-state index is 0.0199. The largest absolute Gasteiger partial charge is 0.508 e. The minimum atomic E-state index is -1.40. The highest BCUT2D eigenvalue weighted by Gasteiger charge is 2.26. The minimum Gasteiger partial charge on any atom is -0.508 e. The Labute approximate surface area is 96.4 Å². The molecule has 1 rings (SSSR count). The van der Waals surface area contributed by atoms with E-state index >= 15 is 0 Å². The Bertz CT molecular complexity index is 375. The molecule has 0 fully saturated rings. The van der Waals surface area contributed by atoms with Crippen LogP contribution in [0.15, 0.2) is 18.2 Å². The van der Waals surface area contributed by atoms with Crippen molar-refractivity contribution in [3.05, 3.63) is 29.3 Å². The van der Waals surface area contributed by atoms with Crippen molar-refractivity contribution >= 4 is 0 Å². The highest BCUT2D eigenvalue weighted by molar-refractivity contribution is 5.42. The number of hydrogen-bond donors (Lipinski definition) is 3. The molecule has 0 saturated carbocycles. The molecule has 0 unspecified atom stereocenters. The first kappa shape index (κ1) is 13.0. The lowest BCUT2D eigenvalue weighted by molar-refractivity contribution is -0.00401. The van der Waals surface area contributed by atoms with Gasteiger partial charge >= 0.3 is 0 Å². The van der Waals surface area contributed by atoms with E-state index in [9.17, 15) is 10.2 Å². The maximum atomic E-state index is 9.86. The average Bonchev–Trinajstić information content (AvgIpc) is 2.16. The van der Waals surface area contributed by atoms with E-state index in [1.807, 2.05) is 26.8 Å². The Kier molecular flexibility index (Phi) is 3.31. The van der Waals surface area contributed by atoms with Crippen molar-refractivity contribution in [3.63, 3.8) is 0 Å². The fourth-order valence-corrected chi connectivity index (χ4v) is 1.54. The van der Waals surface area contributed by atoms with Crippen LogP contribution < -0.4 is 0 Å². The second-order valence-electron chi connectivity index (χ2n) is 5.41. The summed E-state index contributed by atoms with van der Waals surface area (Å²) in [4.78, 5) is 0. The van der Waals surface area contributed by atoms with Gasteiger partial charge in [0.05, 0.1) is 6.61 Å². The molecule has 0 saturated heterocycles. The smallest absolute Gasteiger partial charge is 0.122 e. The van der Waals surface area contributed by atoms with Crippen LogP contribution in [0.2, 0.25) is 0 Å². The van der Waals surface area contributed by atoms with E-state index < -0.39 is 12.2 Å². The molecule has 3 heteroatoms. The SMILES string of the molecule is CC(C)(C)c1ccc([C@](C)(O)CO)c(O)c1. The predicted octanol–water partition coefficient (Wildman–Crippen LogP) is 1.89. The van der Waals surface area contributed by atoms with Crippen LogP contribution in [-0.2, 0) is 11.0 Å². The average molecular weight is 224 g/mol. The lowest BCUT2D eigenvalue weighted by atomic mass is 9.84. The highest BCUT2D eigenvalue weighted by Crippen LogP contribution is 2.33. The number of phenolic OH excluding ortho intramolecular Hbond substituents is 1. The Balaban J connectivity index is 3.20. The van der Waals surface area contributed by atoms with E-state index in [-0.39, 0.29) is 11.2 Å². The zero-order valence-electron chi connectivity index (χ0n) is 10.3. The van der Waals surface area contributed by atoms with Crippen LogP contribution in [-0.4, -0.2) is 21.9 Å². The van der Waals surface area contributed by atoms with E-state index in [4.69, 9.17) is 5.11 Å². The van der Waals surface area contributed by atoms with Crippen LogP contribution in [0.5, 0.6) is 5.75 Å². The fraction of sp³-hybridized carbons (Fsp3) is 0.538. The third kappa shape index (κ3) is 2.54. The monoisotopic (exact) mass is 224 g/mol. The first-order valence-electron chi connectivity index (χ1n) is 5.36. The van der Waals surface area contributed by atoms with E-state index in [1.54, 1.807) is 12.1 Å². The van der Waals surface area contributed by atoms with Crippen LogP contribution in [0.4, 0.5) is 0 Å². The quantitative estimate of drug-likeness (QED) is 0.719. The van der Waals surface area contributed by atoms with Gasteiger partial charge in [-0.1, -0.05) is 32.9 Å². The first-order valence-corrected chi connectivity index (χ1v) is 5.36. The van der Waals surface area contributed by atoms with Crippen molar-refractivity contribution in [3.8, 4) is 5.75 Å². The maximum absolute atomic E-state index is 9.86. The molecule has 0 radical (unpaired) electrons. The fourth-order valence-electron chi connectivity index (χ4n) is 1.54. The van der Waals surface area contributed by atoms with Gasteiger partial charge in [-0.25, -0.2) is 0 Å². The molecule has 0 aromatic heterocycles. The second-order valence-corrected chi connectivity index (χ2v) is 5.41. The summed E-state index contributed by atoms with van der Waals surface area (Å²) in [5.74, 6) is 0.0199. The van der Waals surface area contributed by atoms with Gasteiger partial charge in [0.2, 0.25) is 0 Å². The molecule has 0 aliphatic rings.